The number of rotatable bonds is 2. The Kier molecular flexibility index (Phi) is 2.35. The summed E-state index contributed by atoms with van der Waals surface area (Å²) in [7, 11) is 0. The maximum absolute atomic E-state index is 9.19. The van der Waals surface area contributed by atoms with Gasteiger partial charge in [0.15, 0.2) is 0 Å². The van der Waals surface area contributed by atoms with Crippen LogP contribution in [-0.2, 0) is 11.4 Å². The predicted molar refractivity (Wildman–Crippen MR) is 45.8 cm³/mol. The van der Waals surface area contributed by atoms with E-state index in [1.54, 1.807) is 5.06 Å². The molecule has 0 aromatic carbocycles. The lowest BCUT2D eigenvalue weighted by Gasteiger charge is -2.10. The van der Waals surface area contributed by atoms with Crippen LogP contribution in [0.15, 0.2) is 16.5 Å². The third-order valence-corrected chi connectivity index (χ3v) is 1.99. The van der Waals surface area contributed by atoms with Crippen molar-refractivity contribution >= 4 is 0 Å². The fourth-order valence-electron chi connectivity index (χ4n) is 1.39. The first-order valence-corrected chi connectivity index (χ1v) is 4.35. The van der Waals surface area contributed by atoms with Gasteiger partial charge < -0.3 is 9.52 Å². The molecule has 1 aromatic heterocycles. The lowest BCUT2D eigenvalue weighted by atomic mass is 10.4. The zero-order valence-electron chi connectivity index (χ0n) is 7.56. The van der Waals surface area contributed by atoms with E-state index in [9.17, 15) is 5.11 Å². The second-order valence-corrected chi connectivity index (χ2v) is 3.28. The Bertz CT molecular complexity index is 284. The van der Waals surface area contributed by atoms with Crippen molar-refractivity contribution in [2.24, 2.45) is 0 Å². The van der Waals surface area contributed by atoms with Crippen molar-refractivity contribution in [3.05, 3.63) is 23.7 Å². The van der Waals surface area contributed by atoms with Gasteiger partial charge in [-0.2, -0.15) is 5.06 Å². The molecule has 72 valence electrons. The van der Waals surface area contributed by atoms with Gasteiger partial charge in [-0.1, -0.05) is 0 Å². The molecule has 1 fully saturated rings. The number of aliphatic hydroxyl groups excluding tert-OH is 1. The van der Waals surface area contributed by atoms with Crippen molar-refractivity contribution in [1.82, 2.24) is 5.06 Å². The van der Waals surface area contributed by atoms with Crippen LogP contribution in [0.5, 0.6) is 0 Å². The minimum Gasteiger partial charge on any atom is -0.465 e. The highest BCUT2D eigenvalue weighted by Gasteiger charge is 2.21. The van der Waals surface area contributed by atoms with Gasteiger partial charge in [-0.15, -0.1) is 0 Å². The van der Waals surface area contributed by atoms with E-state index in [1.165, 1.54) is 0 Å². The van der Waals surface area contributed by atoms with Gasteiger partial charge in [0, 0.05) is 0 Å². The first-order chi connectivity index (χ1) is 6.24. The van der Waals surface area contributed by atoms with Gasteiger partial charge in [-0.25, -0.2) is 0 Å². The fraction of sp³-hybridized carbons (Fsp3) is 0.556. The fourth-order valence-corrected chi connectivity index (χ4v) is 1.39. The number of nitrogens with zero attached hydrogens (tertiary/aromatic N) is 1. The molecule has 1 atom stereocenters. The quantitative estimate of drug-likeness (QED) is 0.733. The first-order valence-electron chi connectivity index (χ1n) is 4.35. The first kappa shape index (κ1) is 8.74. The van der Waals surface area contributed by atoms with Gasteiger partial charge in [-0.05, 0) is 19.1 Å². The molecule has 0 saturated carbocycles. The molecule has 1 saturated heterocycles. The second kappa shape index (κ2) is 3.49. The molecule has 1 unspecified atom stereocenters. The second-order valence-electron chi connectivity index (χ2n) is 3.28. The van der Waals surface area contributed by atoms with Gasteiger partial charge in [0.2, 0.25) is 0 Å². The number of aliphatic hydroxyl groups is 1. The van der Waals surface area contributed by atoms with Crippen molar-refractivity contribution in [2.45, 2.75) is 19.6 Å². The molecule has 0 aliphatic carbocycles. The van der Waals surface area contributed by atoms with E-state index >= 15 is 0 Å². The highest BCUT2D eigenvalue weighted by Crippen LogP contribution is 2.13. The molecule has 4 heteroatoms. The highest BCUT2D eigenvalue weighted by atomic mass is 16.7. The Labute approximate surface area is 76.7 Å². The third-order valence-electron chi connectivity index (χ3n) is 1.99. The van der Waals surface area contributed by atoms with Crippen LogP contribution in [0.3, 0.4) is 0 Å². The maximum atomic E-state index is 9.19. The lowest BCUT2D eigenvalue weighted by molar-refractivity contribution is -0.121. The van der Waals surface area contributed by atoms with E-state index in [1.807, 2.05) is 19.1 Å². The van der Waals surface area contributed by atoms with Crippen molar-refractivity contribution in [3.8, 4) is 0 Å². The van der Waals surface area contributed by atoms with Crippen LogP contribution in [0, 0.1) is 6.92 Å². The van der Waals surface area contributed by atoms with Gasteiger partial charge in [0.25, 0.3) is 0 Å². The van der Waals surface area contributed by atoms with E-state index < -0.39 is 0 Å². The van der Waals surface area contributed by atoms with E-state index in [0.29, 0.717) is 19.7 Å². The van der Waals surface area contributed by atoms with Crippen molar-refractivity contribution in [1.29, 1.82) is 0 Å². The number of hydrogen-bond acceptors (Lipinski definition) is 4. The molecule has 2 heterocycles. The maximum Gasteiger partial charge on any atom is 0.120 e. The predicted octanol–water partition coefficient (Wildman–Crippen LogP) is 0.696. The number of β-amino-alcohol motifs (C(OH)–C–C–N with tert-alkyl or cyclic N) is 1. The van der Waals surface area contributed by atoms with E-state index in [4.69, 9.17) is 9.25 Å². The Morgan fingerprint density at radius 1 is 1.62 bits per heavy atom. The number of hydroxylamine groups is 2. The van der Waals surface area contributed by atoms with Crippen molar-refractivity contribution < 1.29 is 14.4 Å². The van der Waals surface area contributed by atoms with Gasteiger partial charge in [0.05, 0.1) is 25.8 Å². The van der Waals surface area contributed by atoms with E-state index in [-0.39, 0.29) is 6.10 Å². The van der Waals surface area contributed by atoms with Crippen LogP contribution in [0.1, 0.15) is 11.5 Å². The number of hydrogen-bond donors (Lipinski definition) is 1. The van der Waals surface area contributed by atoms with E-state index in [0.717, 1.165) is 11.5 Å². The molecule has 1 N–H and O–H groups in total. The monoisotopic (exact) mass is 183 g/mol. The number of aryl methyl sites for hydroxylation is 1. The topological polar surface area (TPSA) is 45.8 Å². The van der Waals surface area contributed by atoms with Crippen LogP contribution in [-0.4, -0.2) is 29.4 Å². The molecule has 0 amide bonds. The summed E-state index contributed by atoms with van der Waals surface area (Å²) in [5.41, 5.74) is 0. The summed E-state index contributed by atoms with van der Waals surface area (Å²) in [6, 6.07) is 3.84. The van der Waals surface area contributed by atoms with Crippen LogP contribution in [0.2, 0.25) is 0 Å². The van der Waals surface area contributed by atoms with Gasteiger partial charge >= 0.3 is 0 Å². The van der Waals surface area contributed by atoms with Crippen LogP contribution >= 0.6 is 0 Å². The van der Waals surface area contributed by atoms with Crippen LogP contribution in [0.25, 0.3) is 0 Å². The third kappa shape index (κ3) is 2.09. The van der Waals surface area contributed by atoms with Gasteiger partial charge in [-0.3, -0.25) is 4.84 Å². The summed E-state index contributed by atoms with van der Waals surface area (Å²) >= 11 is 0. The molecule has 0 radical (unpaired) electrons. The SMILES string of the molecule is Cc1ccc(CN2CC(O)CO2)o1. The minimum atomic E-state index is -0.365. The Balaban J connectivity index is 1.91. The standard InChI is InChI=1S/C9H13NO3/c1-7-2-3-9(13-7)5-10-4-8(11)6-12-10/h2-3,8,11H,4-6H2,1H3. The van der Waals surface area contributed by atoms with Crippen molar-refractivity contribution in [2.75, 3.05) is 13.2 Å². The average Bonchev–Trinajstić information content (AvgIpc) is 2.62. The molecule has 4 nitrogen and oxygen atoms in total. The van der Waals surface area contributed by atoms with Crippen molar-refractivity contribution in [3.63, 3.8) is 0 Å². The molecule has 1 aromatic rings. The molecular formula is C9H13NO3. The largest absolute Gasteiger partial charge is 0.465 e. The van der Waals surface area contributed by atoms with E-state index in [2.05, 4.69) is 0 Å². The highest BCUT2D eigenvalue weighted by molar-refractivity contribution is 5.05. The summed E-state index contributed by atoms with van der Waals surface area (Å²) in [4.78, 5) is 5.20. The van der Waals surface area contributed by atoms with Gasteiger partial charge in [0.1, 0.15) is 11.5 Å². The average molecular weight is 183 g/mol. The van der Waals surface area contributed by atoms with Crippen LogP contribution in [0.4, 0.5) is 0 Å². The summed E-state index contributed by atoms with van der Waals surface area (Å²) in [6.45, 7) is 3.45. The summed E-state index contributed by atoms with van der Waals surface area (Å²) in [5, 5.41) is 10.9. The molecule has 0 spiro atoms. The Hall–Kier alpha value is -0.840. The molecule has 0 bridgehead atoms. The Morgan fingerprint density at radius 3 is 3.00 bits per heavy atom. The lowest BCUT2D eigenvalue weighted by Crippen LogP contribution is -2.20. The smallest absolute Gasteiger partial charge is 0.120 e. The summed E-state index contributed by atoms with van der Waals surface area (Å²) in [6.07, 6.45) is -0.365. The molecule has 1 aliphatic rings. The number of furan rings is 1. The summed E-state index contributed by atoms with van der Waals surface area (Å²) < 4.78 is 5.38. The molecule has 2 rings (SSSR count). The normalized spacial score (nSPS) is 24.0. The summed E-state index contributed by atoms with van der Waals surface area (Å²) in [5.74, 6) is 1.77. The van der Waals surface area contributed by atoms with Crippen LogP contribution < -0.4 is 0 Å². The molecule has 13 heavy (non-hydrogen) atoms. The zero-order chi connectivity index (χ0) is 9.26. The molecular weight excluding hydrogens is 170 g/mol. The minimum absolute atomic E-state index is 0.365. The molecule has 1 aliphatic heterocycles. The zero-order valence-corrected chi connectivity index (χ0v) is 7.56. The Morgan fingerprint density at radius 2 is 2.46 bits per heavy atom.